The second kappa shape index (κ2) is 6.24. The molecule has 5 heteroatoms. The Hall–Kier alpha value is -1.29. The van der Waals surface area contributed by atoms with Crippen LogP contribution < -0.4 is 10.9 Å². The number of halogens is 1. The molecule has 1 amide bonds. The number of rotatable bonds is 3. The zero-order valence-electron chi connectivity index (χ0n) is 11.1. The van der Waals surface area contributed by atoms with E-state index in [9.17, 15) is 9.59 Å². The summed E-state index contributed by atoms with van der Waals surface area (Å²) in [6.45, 7) is 0.586. The third-order valence-electron chi connectivity index (χ3n) is 3.71. The van der Waals surface area contributed by atoms with E-state index in [1.807, 2.05) is 0 Å². The maximum absolute atomic E-state index is 12.0. The molecular formula is C14H19ClN2O2. The van der Waals surface area contributed by atoms with Crippen LogP contribution >= 0.6 is 11.6 Å². The van der Waals surface area contributed by atoms with Gasteiger partial charge in [0.25, 0.3) is 11.5 Å². The van der Waals surface area contributed by atoms with Crippen molar-refractivity contribution in [1.82, 2.24) is 9.88 Å². The summed E-state index contributed by atoms with van der Waals surface area (Å²) in [5, 5.41) is 3.02. The Morgan fingerprint density at radius 1 is 1.47 bits per heavy atom. The molecule has 1 aliphatic rings. The number of nitrogens with zero attached hydrogens (tertiary/aromatic N) is 1. The Morgan fingerprint density at radius 2 is 2.21 bits per heavy atom. The average Bonchev–Trinajstić information content (AvgIpc) is 2.40. The number of aromatic nitrogens is 1. The first kappa shape index (κ1) is 14.1. The van der Waals surface area contributed by atoms with Crippen LogP contribution in [0.5, 0.6) is 0 Å². The molecule has 1 N–H and O–H groups in total. The van der Waals surface area contributed by atoms with E-state index in [0.717, 1.165) is 12.8 Å². The lowest BCUT2D eigenvalue weighted by molar-refractivity contribution is 0.0944. The lowest BCUT2D eigenvalue weighted by Gasteiger charge is -2.27. The molecule has 0 aliphatic heterocycles. The van der Waals surface area contributed by atoms with Crippen LogP contribution in [0.3, 0.4) is 0 Å². The van der Waals surface area contributed by atoms with Gasteiger partial charge in [0.1, 0.15) is 0 Å². The fourth-order valence-electron chi connectivity index (χ4n) is 2.41. The molecule has 1 aromatic heterocycles. The highest BCUT2D eigenvalue weighted by atomic mass is 35.5. The molecule has 4 nitrogen and oxygen atoms in total. The van der Waals surface area contributed by atoms with Gasteiger partial charge < -0.3 is 9.88 Å². The van der Waals surface area contributed by atoms with Gasteiger partial charge in [-0.3, -0.25) is 9.59 Å². The summed E-state index contributed by atoms with van der Waals surface area (Å²) in [6, 6.07) is 3.00. The molecule has 2 unspecified atom stereocenters. The van der Waals surface area contributed by atoms with E-state index in [2.05, 4.69) is 5.32 Å². The van der Waals surface area contributed by atoms with Gasteiger partial charge >= 0.3 is 0 Å². The number of carbonyl (C=O) groups is 1. The Morgan fingerprint density at radius 3 is 2.89 bits per heavy atom. The zero-order chi connectivity index (χ0) is 13.8. The highest BCUT2D eigenvalue weighted by molar-refractivity contribution is 6.20. The van der Waals surface area contributed by atoms with Crippen molar-refractivity contribution >= 4 is 17.5 Å². The Balaban J connectivity index is 1.93. The van der Waals surface area contributed by atoms with E-state index in [4.69, 9.17) is 11.6 Å². The van der Waals surface area contributed by atoms with E-state index < -0.39 is 0 Å². The molecular weight excluding hydrogens is 264 g/mol. The van der Waals surface area contributed by atoms with Crippen molar-refractivity contribution in [2.75, 3.05) is 6.54 Å². The van der Waals surface area contributed by atoms with Crippen molar-refractivity contribution in [3.63, 3.8) is 0 Å². The molecule has 104 valence electrons. The molecule has 2 atom stereocenters. The van der Waals surface area contributed by atoms with Gasteiger partial charge in [-0.05, 0) is 24.8 Å². The van der Waals surface area contributed by atoms with Crippen molar-refractivity contribution in [1.29, 1.82) is 0 Å². The summed E-state index contributed by atoms with van der Waals surface area (Å²) in [4.78, 5) is 23.4. The third-order valence-corrected chi connectivity index (χ3v) is 4.28. The maximum Gasteiger partial charge on any atom is 0.251 e. The molecule has 1 aromatic rings. The Labute approximate surface area is 117 Å². The molecule has 0 spiro atoms. The highest BCUT2D eigenvalue weighted by Gasteiger charge is 2.23. The van der Waals surface area contributed by atoms with E-state index in [0.29, 0.717) is 18.0 Å². The normalized spacial score (nSPS) is 23.1. The van der Waals surface area contributed by atoms with Gasteiger partial charge in [0.2, 0.25) is 0 Å². The van der Waals surface area contributed by atoms with Crippen LogP contribution in [-0.2, 0) is 7.05 Å². The van der Waals surface area contributed by atoms with Crippen molar-refractivity contribution in [2.24, 2.45) is 13.0 Å². The molecule has 1 aliphatic carbocycles. The van der Waals surface area contributed by atoms with Gasteiger partial charge in [0.15, 0.2) is 0 Å². The van der Waals surface area contributed by atoms with E-state index >= 15 is 0 Å². The quantitative estimate of drug-likeness (QED) is 0.861. The minimum absolute atomic E-state index is 0.151. The molecule has 19 heavy (non-hydrogen) atoms. The summed E-state index contributed by atoms with van der Waals surface area (Å²) in [5.41, 5.74) is 0.227. The molecule has 2 rings (SSSR count). The smallest absolute Gasteiger partial charge is 0.251 e. The number of carbonyl (C=O) groups excluding carboxylic acids is 1. The number of aryl methyl sites for hydroxylation is 1. The molecule has 0 saturated heterocycles. The first-order valence-corrected chi connectivity index (χ1v) is 7.10. The van der Waals surface area contributed by atoms with Crippen LogP contribution in [0.1, 0.15) is 36.0 Å². The summed E-state index contributed by atoms with van der Waals surface area (Å²) in [6.07, 6.45) is 6.03. The largest absolute Gasteiger partial charge is 0.352 e. The number of alkyl halides is 1. The summed E-state index contributed by atoms with van der Waals surface area (Å²) in [5.74, 6) is 0.137. The summed E-state index contributed by atoms with van der Waals surface area (Å²) < 4.78 is 1.44. The molecule has 0 aromatic carbocycles. The first-order valence-electron chi connectivity index (χ1n) is 6.67. The van der Waals surface area contributed by atoms with Gasteiger partial charge in [-0.25, -0.2) is 0 Å². The number of amides is 1. The van der Waals surface area contributed by atoms with Gasteiger partial charge in [-0.15, -0.1) is 11.6 Å². The number of nitrogens with one attached hydrogen (secondary N) is 1. The third kappa shape index (κ3) is 3.60. The van der Waals surface area contributed by atoms with Crippen LogP contribution in [0.4, 0.5) is 0 Å². The summed E-state index contributed by atoms with van der Waals surface area (Å²) in [7, 11) is 1.66. The number of hydrogen-bond acceptors (Lipinski definition) is 2. The van der Waals surface area contributed by atoms with Crippen LogP contribution in [0.2, 0.25) is 0 Å². The van der Waals surface area contributed by atoms with Crippen LogP contribution in [0, 0.1) is 5.92 Å². The van der Waals surface area contributed by atoms with Crippen LogP contribution in [-0.4, -0.2) is 22.4 Å². The minimum Gasteiger partial charge on any atom is -0.352 e. The van der Waals surface area contributed by atoms with E-state index in [1.54, 1.807) is 19.3 Å². The lowest BCUT2D eigenvalue weighted by atomic mass is 9.88. The first-order chi connectivity index (χ1) is 9.08. The number of hydrogen-bond donors (Lipinski definition) is 1. The molecule has 1 saturated carbocycles. The van der Waals surface area contributed by atoms with Gasteiger partial charge in [-0.2, -0.15) is 0 Å². The molecule has 1 heterocycles. The van der Waals surface area contributed by atoms with Gasteiger partial charge in [-0.1, -0.05) is 12.8 Å². The fourth-order valence-corrected chi connectivity index (χ4v) is 2.78. The monoisotopic (exact) mass is 282 g/mol. The Bertz CT molecular complexity index is 512. The van der Waals surface area contributed by atoms with Crippen molar-refractivity contribution in [3.05, 3.63) is 34.2 Å². The standard InChI is InChI=1S/C14H19ClN2O2/c1-17-7-6-10(8-13(17)18)14(19)16-9-11-4-2-3-5-12(11)15/h6-8,11-12H,2-5,9H2,1H3,(H,16,19). The minimum atomic E-state index is -0.202. The number of pyridine rings is 1. The zero-order valence-corrected chi connectivity index (χ0v) is 11.8. The molecule has 0 radical (unpaired) electrons. The van der Waals surface area contributed by atoms with E-state index in [-0.39, 0.29) is 16.8 Å². The van der Waals surface area contributed by atoms with Gasteiger partial charge in [0.05, 0.1) is 0 Å². The Kier molecular flexibility index (Phi) is 4.64. The van der Waals surface area contributed by atoms with Gasteiger partial charge in [0, 0.05) is 36.8 Å². The van der Waals surface area contributed by atoms with Crippen LogP contribution in [0.15, 0.2) is 23.1 Å². The lowest BCUT2D eigenvalue weighted by Crippen LogP contribution is -2.35. The fraction of sp³-hybridized carbons (Fsp3) is 0.571. The molecule has 1 fully saturated rings. The second-order valence-electron chi connectivity index (χ2n) is 5.14. The topological polar surface area (TPSA) is 51.1 Å². The van der Waals surface area contributed by atoms with Crippen molar-refractivity contribution in [3.8, 4) is 0 Å². The second-order valence-corrected chi connectivity index (χ2v) is 5.70. The van der Waals surface area contributed by atoms with E-state index in [1.165, 1.54) is 23.5 Å². The molecule has 0 bridgehead atoms. The van der Waals surface area contributed by atoms with Crippen LogP contribution in [0.25, 0.3) is 0 Å². The predicted molar refractivity (Wildman–Crippen MR) is 75.6 cm³/mol. The van der Waals surface area contributed by atoms with Crippen molar-refractivity contribution < 1.29 is 4.79 Å². The average molecular weight is 283 g/mol. The van der Waals surface area contributed by atoms with Crippen molar-refractivity contribution in [2.45, 2.75) is 31.1 Å². The summed E-state index contributed by atoms with van der Waals surface area (Å²) >= 11 is 6.25. The maximum atomic E-state index is 12.0. The predicted octanol–water partition coefficient (Wildman–Crippen LogP) is 1.91. The highest BCUT2D eigenvalue weighted by Crippen LogP contribution is 2.27. The SMILES string of the molecule is Cn1ccc(C(=O)NCC2CCCCC2Cl)cc1=O.